The number of aliphatic hydroxyl groups is 1. The second kappa shape index (κ2) is 3.75. The van der Waals surface area contributed by atoms with E-state index < -0.39 is 0 Å². The van der Waals surface area contributed by atoms with Crippen LogP contribution in [0.1, 0.15) is 39.5 Å². The van der Waals surface area contributed by atoms with Gasteiger partial charge in [-0.2, -0.15) is 0 Å². The second-order valence-electron chi connectivity index (χ2n) is 4.38. The van der Waals surface area contributed by atoms with Crippen molar-refractivity contribution in [2.24, 2.45) is 17.1 Å². The van der Waals surface area contributed by atoms with Crippen LogP contribution < -0.4 is 5.73 Å². The third kappa shape index (κ3) is 1.99. The predicted octanol–water partition coefficient (Wildman–Crippen LogP) is 1.52. The van der Waals surface area contributed by atoms with E-state index in [9.17, 15) is 5.11 Å². The van der Waals surface area contributed by atoms with Crippen molar-refractivity contribution in [3.05, 3.63) is 0 Å². The van der Waals surface area contributed by atoms with Gasteiger partial charge in [0.05, 0.1) is 6.10 Å². The molecule has 1 aliphatic carbocycles. The molecule has 0 aromatic carbocycles. The highest BCUT2D eigenvalue weighted by molar-refractivity contribution is 4.97. The maximum absolute atomic E-state index is 9.96. The van der Waals surface area contributed by atoms with Crippen LogP contribution in [0.5, 0.6) is 0 Å². The first kappa shape index (κ1) is 10.0. The number of hydrogen-bond acceptors (Lipinski definition) is 2. The molecule has 1 fully saturated rings. The predicted molar refractivity (Wildman–Crippen MR) is 50.8 cm³/mol. The van der Waals surface area contributed by atoms with Crippen molar-refractivity contribution in [1.82, 2.24) is 0 Å². The average molecular weight is 171 g/mol. The fourth-order valence-corrected chi connectivity index (χ4v) is 1.84. The van der Waals surface area contributed by atoms with Gasteiger partial charge in [-0.15, -0.1) is 0 Å². The normalized spacial score (nSPS) is 25.0. The molecule has 0 aromatic heterocycles. The Bertz CT molecular complexity index is 143. The largest absolute Gasteiger partial charge is 0.392 e. The lowest BCUT2D eigenvalue weighted by Gasteiger charge is -2.26. The highest BCUT2D eigenvalue weighted by Gasteiger charge is 2.46. The summed E-state index contributed by atoms with van der Waals surface area (Å²) < 4.78 is 0. The van der Waals surface area contributed by atoms with Crippen LogP contribution in [-0.2, 0) is 0 Å². The van der Waals surface area contributed by atoms with E-state index in [1.165, 1.54) is 12.8 Å². The minimum atomic E-state index is -0.164. The van der Waals surface area contributed by atoms with Gasteiger partial charge in [-0.25, -0.2) is 0 Å². The van der Waals surface area contributed by atoms with E-state index in [4.69, 9.17) is 5.73 Å². The molecule has 1 saturated carbocycles. The van der Waals surface area contributed by atoms with Gasteiger partial charge in [0.25, 0.3) is 0 Å². The molecule has 2 unspecified atom stereocenters. The molecule has 12 heavy (non-hydrogen) atoms. The molecule has 1 rings (SSSR count). The van der Waals surface area contributed by atoms with Crippen LogP contribution in [0.3, 0.4) is 0 Å². The topological polar surface area (TPSA) is 46.2 Å². The maximum atomic E-state index is 9.96. The van der Waals surface area contributed by atoms with Gasteiger partial charge in [-0.3, -0.25) is 0 Å². The Morgan fingerprint density at radius 2 is 2.08 bits per heavy atom. The van der Waals surface area contributed by atoms with Gasteiger partial charge in [0, 0.05) is 0 Å². The van der Waals surface area contributed by atoms with E-state index in [2.05, 4.69) is 13.8 Å². The lowest BCUT2D eigenvalue weighted by molar-refractivity contribution is 0.0443. The van der Waals surface area contributed by atoms with Crippen molar-refractivity contribution in [2.75, 3.05) is 6.54 Å². The molecule has 0 heterocycles. The fraction of sp³-hybridized carbons (Fsp3) is 1.00. The molecule has 2 atom stereocenters. The Balaban J connectivity index is 2.41. The Hall–Kier alpha value is -0.0800. The van der Waals surface area contributed by atoms with Crippen LogP contribution in [-0.4, -0.2) is 17.8 Å². The Morgan fingerprint density at radius 3 is 2.42 bits per heavy atom. The van der Waals surface area contributed by atoms with Crippen molar-refractivity contribution >= 4 is 0 Å². The summed E-state index contributed by atoms with van der Waals surface area (Å²) in [5.74, 6) is 0.322. The zero-order chi connectivity index (χ0) is 9.19. The molecule has 0 bridgehead atoms. The van der Waals surface area contributed by atoms with Gasteiger partial charge in [-0.05, 0) is 37.1 Å². The van der Waals surface area contributed by atoms with Gasteiger partial charge >= 0.3 is 0 Å². The van der Waals surface area contributed by atoms with Crippen molar-refractivity contribution in [3.63, 3.8) is 0 Å². The number of nitrogens with two attached hydrogens (primary N) is 1. The summed E-state index contributed by atoms with van der Waals surface area (Å²) >= 11 is 0. The van der Waals surface area contributed by atoms with Gasteiger partial charge in [0.15, 0.2) is 0 Å². The molecule has 0 aliphatic heterocycles. The zero-order valence-corrected chi connectivity index (χ0v) is 8.21. The van der Waals surface area contributed by atoms with Crippen LogP contribution in [0, 0.1) is 11.3 Å². The summed E-state index contributed by atoms with van der Waals surface area (Å²) in [6.45, 7) is 4.94. The smallest absolute Gasteiger partial charge is 0.0633 e. The lowest BCUT2D eigenvalue weighted by atomic mass is 9.87. The molecular formula is C10H21NO. The molecule has 2 heteroatoms. The molecule has 3 N–H and O–H groups in total. The summed E-state index contributed by atoms with van der Waals surface area (Å²) in [4.78, 5) is 0. The average Bonchev–Trinajstić information content (AvgIpc) is 2.79. The fourth-order valence-electron chi connectivity index (χ4n) is 1.84. The first-order valence-corrected chi connectivity index (χ1v) is 5.02. The molecule has 0 saturated heterocycles. The highest BCUT2D eigenvalue weighted by Crippen LogP contribution is 2.50. The molecule has 0 spiro atoms. The van der Waals surface area contributed by atoms with Crippen molar-refractivity contribution in [2.45, 2.75) is 45.6 Å². The van der Waals surface area contributed by atoms with E-state index in [0.29, 0.717) is 12.5 Å². The van der Waals surface area contributed by atoms with Crippen LogP contribution in [0.2, 0.25) is 0 Å². The molecule has 72 valence electrons. The van der Waals surface area contributed by atoms with Gasteiger partial charge in [0.1, 0.15) is 0 Å². The van der Waals surface area contributed by atoms with Crippen LogP contribution in [0.25, 0.3) is 0 Å². The Morgan fingerprint density at radius 1 is 1.50 bits per heavy atom. The molecule has 0 amide bonds. The van der Waals surface area contributed by atoms with Crippen LogP contribution >= 0.6 is 0 Å². The first-order chi connectivity index (χ1) is 5.64. The van der Waals surface area contributed by atoms with E-state index in [0.717, 1.165) is 12.8 Å². The minimum absolute atomic E-state index is 0.164. The van der Waals surface area contributed by atoms with Crippen molar-refractivity contribution < 1.29 is 5.11 Å². The first-order valence-electron chi connectivity index (χ1n) is 5.02. The Labute approximate surface area is 75.2 Å². The summed E-state index contributed by atoms with van der Waals surface area (Å²) in [6, 6.07) is 0. The van der Waals surface area contributed by atoms with Crippen LogP contribution in [0.15, 0.2) is 0 Å². The Kier molecular flexibility index (Phi) is 3.13. The number of rotatable bonds is 5. The molecule has 0 aromatic rings. The van der Waals surface area contributed by atoms with Crippen molar-refractivity contribution in [3.8, 4) is 0 Å². The van der Waals surface area contributed by atoms with E-state index in [1.807, 2.05) is 0 Å². The lowest BCUT2D eigenvalue weighted by Crippen LogP contribution is -2.33. The van der Waals surface area contributed by atoms with E-state index >= 15 is 0 Å². The molecule has 1 aliphatic rings. The van der Waals surface area contributed by atoms with E-state index in [-0.39, 0.29) is 11.5 Å². The molecular weight excluding hydrogens is 150 g/mol. The minimum Gasteiger partial charge on any atom is -0.392 e. The monoisotopic (exact) mass is 171 g/mol. The third-order valence-corrected chi connectivity index (χ3v) is 3.16. The number of hydrogen-bond donors (Lipinski definition) is 2. The summed E-state index contributed by atoms with van der Waals surface area (Å²) in [6.07, 6.45) is 4.37. The van der Waals surface area contributed by atoms with E-state index in [1.54, 1.807) is 0 Å². The van der Waals surface area contributed by atoms with Gasteiger partial charge in [0.2, 0.25) is 0 Å². The highest BCUT2D eigenvalue weighted by atomic mass is 16.3. The third-order valence-electron chi connectivity index (χ3n) is 3.16. The number of aliphatic hydroxyl groups excluding tert-OH is 1. The van der Waals surface area contributed by atoms with Crippen molar-refractivity contribution in [1.29, 1.82) is 0 Å². The second-order valence-corrected chi connectivity index (χ2v) is 4.38. The molecule has 2 nitrogen and oxygen atoms in total. The maximum Gasteiger partial charge on any atom is 0.0633 e. The quantitative estimate of drug-likeness (QED) is 0.659. The summed E-state index contributed by atoms with van der Waals surface area (Å²) in [7, 11) is 0. The molecule has 0 radical (unpaired) electrons. The van der Waals surface area contributed by atoms with Gasteiger partial charge < -0.3 is 10.8 Å². The summed E-state index contributed by atoms with van der Waals surface area (Å²) in [5.41, 5.74) is 5.83. The zero-order valence-electron chi connectivity index (χ0n) is 8.21. The van der Waals surface area contributed by atoms with Gasteiger partial charge in [-0.1, -0.05) is 20.3 Å². The standard InChI is InChI=1S/C10H21NO/c1-3-4-8(7-11)9(12)10(2)5-6-10/h8-9,12H,3-7,11H2,1-2H3. The SMILES string of the molecule is CCCC(CN)C(O)C1(C)CC1. The summed E-state index contributed by atoms with van der Waals surface area (Å²) in [5, 5.41) is 9.96. The van der Waals surface area contributed by atoms with Crippen LogP contribution in [0.4, 0.5) is 0 Å².